The second-order valence-corrected chi connectivity index (χ2v) is 6.22. The molecule has 0 unspecified atom stereocenters. The summed E-state index contributed by atoms with van der Waals surface area (Å²) in [6, 6.07) is 15.5. The predicted octanol–water partition coefficient (Wildman–Crippen LogP) is 2.81. The fourth-order valence-electron chi connectivity index (χ4n) is 2.79. The van der Waals surface area contributed by atoms with Crippen LogP contribution in [0.4, 0.5) is 0 Å². The zero-order valence-corrected chi connectivity index (χ0v) is 14.2. The molecule has 126 valence electrons. The Labute approximate surface area is 151 Å². The van der Waals surface area contributed by atoms with Gasteiger partial charge in [-0.2, -0.15) is 5.26 Å². The molecule has 2 amide bonds. The van der Waals surface area contributed by atoms with E-state index in [2.05, 4.69) is 0 Å². The van der Waals surface area contributed by atoms with E-state index in [-0.39, 0.29) is 11.8 Å². The average molecular weight is 354 g/mol. The second kappa shape index (κ2) is 7.37. The summed E-state index contributed by atoms with van der Waals surface area (Å²) >= 11 is 5.94. The first kappa shape index (κ1) is 17.0. The highest BCUT2D eigenvalue weighted by molar-refractivity contribution is 6.30. The third-order valence-corrected chi connectivity index (χ3v) is 4.42. The highest BCUT2D eigenvalue weighted by Crippen LogP contribution is 2.15. The average Bonchev–Trinajstić information content (AvgIpc) is 2.67. The lowest BCUT2D eigenvalue weighted by Crippen LogP contribution is -2.50. The maximum absolute atomic E-state index is 12.5. The minimum Gasteiger partial charge on any atom is -0.335 e. The number of benzene rings is 2. The number of halogens is 1. The standard InChI is InChI=1S/C19H16ClN3O2/c20-17-3-1-2-16(12-17)19(25)23-10-8-22(9-11-23)18(24)15-6-4-14(13-21)5-7-15/h1-7,12H,8-11H2. The SMILES string of the molecule is N#Cc1ccc(C(=O)N2CCN(C(=O)c3cccc(Cl)c3)CC2)cc1. The lowest BCUT2D eigenvalue weighted by molar-refractivity contribution is 0.0535. The van der Waals surface area contributed by atoms with Crippen LogP contribution in [-0.2, 0) is 0 Å². The maximum atomic E-state index is 12.5. The summed E-state index contributed by atoms with van der Waals surface area (Å²) in [5.41, 5.74) is 1.63. The molecule has 0 bridgehead atoms. The molecule has 0 aromatic heterocycles. The Morgan fingerprint density at radius 1 is 0.880 bits per heavy atom. The van der Waals surface area contributed by atoms with Crippen LogP contribution in [0.1, 0.15) is 26.3 Å². The number of piperazine rings is 1. The first-order valence-corrected chi connectivity index (χ1v) is 8.30. The molecule has 0 aliphatic carbocycles. The van der Waals surface area contributed by atoms with Crippen LogP contribution in [0.15, 0.2) is 48.5 Å². The maximum Gasteiger partial charge on any atom is 0.254 e. The summed E-state index contributed by atoms with van der Waals surface area (Å²) in [5, 5.41) is 9.35. The van der Waals surface area contributed by atoms with Crippen molar-refractivity contribution in [3.8, 4) is 6.07 Å². The van der Waals surface area contributed by atoms with Gasteiger partial charge < -0.3 is 9.80 Å². The van der Waals surface area contributed by atoms with E-state index < -0.39 is 0 Å². The lowest BCUT2D eigenvalue weighted by Gasteiger charge is -2.35. The Hall–Kier alpha value is -2.84. The molecule has 6 heteroatoms. The molecule has 0 radical (unpaired) electrons. The predicted molar refractivity (Wildman–Crippen MR) is 94.4 cm³/mol. The monoisotopic (exact) mass is 353 g/mol. The van der Waals surface area contributed by atoms with Crippen LogP contribution in [0.2, 0.25) is 5.02 Å². The van der Waals surface area contributed by atoms with Crippen molar-refractivity contribution >= 4 is 23.4 Å². The van der Waals surface area contributed by atoms with E-state index in [1.165, 1.54) is 0 Å². The van der Waals surface area contributed by atoms with Crippen molar-refractivity contribution in [2.75, 3.05) is 26.2 Å². The number of rotatable bonds is 2. The summed E-state index contributed by atoms with van der Waals surface area (Å²) in [4.78, 5) is 28.5. The molecular formula is C19H16ClN3O2. The molecule has 0 spiro atoms. The van der Waals surface area contributed by atoms with Gasteiger partial charge in [-0.15, -0.1) is 0 Å². The molecule has 1 aliphatic rings. The van der Waals surface area contributed by atoms with Gasteiger partial charge in [-0.3, -0.25) is 9.59 Å². The largest absolute Gasteiger partial charge is 0.335 e. The first-order chi connectivity index (χ1) is 12.1. The Bertz CT molecular complexity index is 834. The van der Waals surface area contributed by atoms with Gasteiger partial charge in [0.05, 0.1) is 11.6 Å². The van der Waals surface area contributed by atoms with Crippen molar-refractivity contribution in [3.05, 3.63) is 70.2 Å². The summed E-state index contributed by atoms with van der Waals surface area (Å²) in [7, 11) is 0. The lowest BCUT2D eigenvalue weighted by atomic mass is 10.1. The number of hydrogen-bond donors (Lipinski definition) is 0. The quantitative estimate of drug-likeness (QED) is 0.834. The molecule has 5 nitrogen and oxygen atoms in total. The molecule has 1 saturated heterocycles. The fraction of sp³-hybridized carbons (Fsp3) is 0.211. The van der Waals surface area contributed by atoms with Crippen molar-refractivity contribution < 1.29 is 9.59 Å². The van der Waals surface area contributed by atoms with Gasteiger partial charge >= 0.3 is 0 Å². The smallest absolute Gasteiger partial charge is 0.254 e. The Morgan fingerprint density at radius 3 is 1.96 bits per heavy atom. The highest BCUT2D eigenvalue weighted by Gasteiger charge is 2.25. The third kappa shape index (κ3) is 3.81. The second-order valence-electron chi connectivity index (χ2n) is 5.78. The van der Waals surface area contributed by atoms with Crippen molar-refractivity contribution in [2.24, 2.45) is 0 Å². The van der Waals surface area contributed by atoms with E-state index in [0.717, 1.165) is 0 Å². The minimum atomic E-state index is -0.0839. The van der Waals surface area contributed by atoms with E-state index in [0.29, 0.717) is 47.9 Å². The first-order valence-electron chi connectivity index (χ1n) is 7.93. The van der Waals surface area contributed by atoms with Crippen LogP contribution >= 0.6 is 11.6 Å². The van der Waals surface area contributed by atoms with Gasteiger partial charge in [-0.05, 0) is 42.5 Å². The topological polar surface area (TPSA) is 64.4 Å². The highest BCUT2D eigenvalue weighted by atomic mass is 35.5. The zero-order chi connectivity index (χ0) is 17.8. The van der Waals surface area contributed by atoms with Crippen molar-refractivity contribution in [1.29, 1.82) is 5.26 Å². The Kier molecular flexibility index (Phi) is 5.01. The molecule has 3 rings (SSSR count). The number of amides is 2. The van der Waals surface area contributed by atoms with Gasteiger partial charge in [0.25, 0.3) is 11.8 Å². The summed E-state index contributed by atoms with van der Waals surface area (Å²) < 4.78 is 0. The van der Waals surface area contributed by atoms with Gasteiger partial charge in [-0.1, -0.05) is 17.7 Å². The molecule has 0 N–H and O–H groups in total. The molecule has 2 aromatic rings. The summed E-state index contributed by atoms with van der Waals surface area (Å²) in [5.74, 6) is -0.160. The van der Waals surface area contributed by atoms with Crippen LogP contribution in [0.3, 0.4) is 0 Å². The zero-order valence-electron chi connectivity index (χ0n) is 13.5. The van der Waals surface area contributed by atoms with Gasteiger partial charge in [0, 0.05) is 42.3 Å². The van der Waals surface area contributed by atoms with Crippen LogP contribution in [0, 0.1) is 11.3 Å². The van der Waals surface area contributed by atoms with Crippen molar-refractivity contribution in [3.63, 3.8) is 0 Å². The van der Waals surface area contributed by atoms with Crippen LogP contribution < -0.4 is 0 Å². The number of nitriles is 1. The molecule has 2 aromatic carbocycles. The van der Waals surface area contributed by atoms with Crippen LogP contribution in [0.5, 0.6) is 0 Å². The number of hydrogen-bond acceptors (Lipinski definition) is 3. The van der Waals surface area contributed by atoms with E-state index in [4.69, 9.17) is 16.9 Å². The van der Waals surface area contributed by atoms with E-state index in [1.54, 1.807) is 58.3 Å². The van der Waals surface area contributed by atoms with Crippen LogP contribution in [0.25, 0.3) is 0 Å². The van der Waals surface area contributed by atoms with E-state index in [9.17, 15) is 9.59 Å². The van der Waals surface area contributed by atoms with Gasteiger partial charge in [0.15, 0.2) is 0 Å². The number of carbonyl (C=O) groups excluding carboxylic acids is 2. The molecular weight excluding hydrogens is 338 g/mol. The number of carbonyl (C=O) groups is 2. The Morgan fingerprint density at radius 2 is 1.44 bits per heavy atom. The molecule has 25 heavy (non-hydrogen) atoms. The van der Waals surface area contributed by atoms with Crippen LogP contribution in [-0.4, -0.2) is 47.8 Å². The fourth-order valence-corrected chi connectivity index (χ4v) is 2.98. The third-order valence-electron chi connectivity index (χ3n) is 4.19. The molecule has 1 fully saturated rings. The van der Waals surface area contributed by atoms with Crippen molar-refractivity contribution in [2.45, 2.75) is 0 Å². The van der Waals surface area contributed by atoms with Crippen molar-refractivity contribution in [1.82, 2.24) is 9.80 Å². The van der Waals surface area contributed by atoms with Gasteiger partial charge in [-0.25, -0.2) is 0 Å². The Balaban J connectivity index is 1.62. The molecule has 1 heterocycles. The van der Waals surface area contributed by atoms with E-state index >= 15 is 0 Å². The molecule has 0 saturated carbocycles. The molecule has 0 atom stereocenters. The minimum absolute atomic E-state index is 0.0760. The number of nitrogens with zero attached hydrogens (tertiary/aromatic N) is 3. The molecule has 1 aliphatic heterocycles. The summed E-state index contributed by atoms with van der Waals surface area (Å²) in [6.45, 7) is 1.91. The van der Waals surface area contributed by atoms with E-state index in [1.807, 2.05) is 6.07 Å². The van der Waals surface area contributed by atoms with Gasteiger partial charge in [0.2, 0.25) is 0 Å². The summed E-state index contributed by atoms with van der Waals surface area (Å²) in [6.07, 6.45) is 0. The van der Waals surface area contributed by atoms with Gasteiger partial charge in [0.1, 0.15) is 0 Å². The normalized spacial score (nSPS) is 14.1.